The Bertz CT molecular complexity index is 4150. The summed E-state index contributed by atoms with van der Waals surface area (Å²) in [6.07, 6.45) is 0. The monoisotopic (exact) mass is 651 g/mol. The highest BCUT2D eigenvalue weighted by Crippen LogP contribution is 2.45. The zero-order valence-corrected chi connectivity index (χ0v) is 24.7. The van der Waals surface area contributed by atoms with Gasteiger partial charge in [0.25, 0.3) is 0 Å². The SMILES string of the molecule is [2H]c1c([2H])c(N(c2c([2H])c([2H])c(-c3c([2H])c([2H])c([2H])c4oc5c([2H])c([2H])c([2H])c([2H])c5c34)c([2H])c2[2H])c2c([2H])c([2H])c([2H])c3oc4c5c([2H])c([2H])c([2H])c([2H])c5c([2H])c([2H])c4c23)c([2H])c([2H])c1-c1ccccc1. The Labute approximate surface area is 316 Å². The molecule has 49 heavy (non-hydrogen) atoms. The first kappa shape index (κ1) is 12.8. The molecule has 3 heteroatoms. The summed E-state index contributed by atoms with van der Waals surface area (Å²) in [5, 5.41) is -2.92. The lowest BCUT2D eigenvalue weighted by Crippen LogP contribution is -2.10. The van der Waals surface area contributed by atoms with E-state index in [1.165, 1.54) is 12.1 Å². The fraction of sp³-hybridized carbons (Fsp3) is 0. The van der Waals surface area contributed by atoms with Crippen LogP contribution in [-0.4, -0.2) is 0 Å². The average Bonchev–Trinajstić information content (AvgIpc) is 3.97. The van der Waals surface area contributed by atoms with Crippen molar-refractivity contribution in [2.24, 2.45) is 0 Å². The maximum absolute atomic E-state index is 9.74. The second-order valence-electron chi connectivity index (χ2n) is 10.6. The van der Waals surface area contributed by atoms with Crippen LogP contribution in [0.15, 0.2) is 184 Å². The summed E-state index contributed by atoms with van der Waals surface area (Å²) >= 11 is 0. The second-order valence-corrected chi connectivity index (χ2v) is 10.6. The molecule has 0 spiro atoms. The Balaban J connectivity index is 1.42. The van der Waals surface area contributed by atoms with Crippen LogP contribution < -0.4 is 4.90 Å². The lowest BCUT2D eigenvalue weighted by atomic mass is 9.98. The number of anilines is 3. The predicted octanol–water partition coefficient (Wildman–Crippen LogP) is 13.4. The van der Waals surface area contributed by atoms with E-state index in [1.54, 1.807) is 18.2 Å². The van der Waals surface area contributed by atoms with Crippen molar-refractivity contribution in [1.82, 2.24) is 0 Å². The molecule has 0 amide bonds. The van der Waals surface area contributed by atoms with E-state index in [2.05, 4.69) is 0 Å². The molecule has 2 heterocycles. The van der Waals surface area contributed by atoms with Crippen molar-refractivity contribution in [2.75, 3.05) is 4.90 Å². The van der Waals surface area contributed by atoms with Gasteiger partial charge in [0, 0.05) is 32.9 Å². The minimum atomic E-state index is -1.13. The molecule has 0 aliphatic carbocycles. The molecule has 0 aliphatic heterocycles. The van der Waals surface area contributed by atoms with E-state index in [-0.39, 0.29) is 11.1 Å². The summed E-state index contributed by atoms with van der Waals surface area (Å²) in [6.45, 7) is 0. The zero-order valence-electron chi connectivity index (χ0n) is 48.7. The summed E-state index contributed by atoms with van der Waals surface area (Å²) in [7, 11) is 0. The molecule has 0 atom stereocenters. The number of hydrogen-bond donors (Lipinski definition) is 0. The molecular weight excluding hydrogens is 599 g/mol. The van der Waals surface area contributed by atoms with Gasteiger partial charge < -0.3 is 13.7 Å². The normalized spacial score (nSPS) is 18.5. The van der Waals surface area contributed by atoms with Crippen LogP contribution in [0.1, 0.15) is 32.9 Å². The topological polar surface area (TPSA) is 29.5 Å². The van der Waals surface area contributed by atoms with Crippen LogP contribution >= 0.6 is 0 Å². The molecule has 0 radical (unpaired) electrons. The summed E-state index contributed by atoms with van der Waals surface area (Å²) in [6, 6.07) is -12.9. The average molecular weight is 652 g/mol. The molecule has 0 saturated carbocycles. The molecule has 8 aromatic carbocycles. The Hall–Kier alpha value is -6.58. The first-order chi connectivity index (χ1) is 34.3. The summed E-state index contributed by atoms with van der Waals surface area (Å²) < 4.78 is 229. The predicted molar refractivity (Wildman–Crippen MR) is 204 cm³/mol. The molecule has 0 aliphatic rings. The number of rotatable bonds is 5. The second kappa shape index (κ2) is 11.0. The van der Waals surface area contributed by atoms with Gasteiger partial charge in [-0.1, -0.05) is 121 Å². The van der Waals surface area contributed by atoms with Crippen LogP contribution in [-0.2, 0) is 0 Å². The molecule has 10 aromatic rings. The number of hydrogen-bond acceptors (Lipinski definition) is 3. The van der Waals surface area contributed by atoms with Gasteiger partial charge in [-0.2, -0.15) is 0 Å². The van der Waals surface area contributed by atoms with Crippen molar-refractivity contribution in [3.8, 4) is 22.3 Å². The third kappa shape index (κ3) is 4.44. The lowest BCUT2D eigenvalue weighted by Gasteiger charge is -2.26. The van der Waals surface area contributed by atoms with Gasteiger partial charge in [-0.15, -0.1) is 0 Å². The summed E-state index contributed by atoms with van der Waals surface area (Å²) in [4.78, 5) is 0.592. The fourth-order valence-electron chi connectivity index (χ4n) is 5.71. The van der Waals surface area contributed by atoms with Gasteiger partial charge in [-0.25, -0.2) is 0 Å². The van der Waals surface area contributed by atoms with Crippen LogP contribution in [0.5, 0.6) is 0 Å². The summed E-state index contributed by atoms with van der Waals surface area (Å²) in [5.41, 5.74) is -6.43. The van der Waals surface area contributed by atoms with Crippen LogP contribution in [0.2, 0.25) is 0 Å². The molecule has 2 aromatic heterocycles. The molecule has 0 fully saturated rings. The first-order valence-corrected chi connectivity index (χ1v) is 14.6. The molecule has 10 rings (SSSR count). The summed E-state index contributed by atoms with van der Waals surface area (Å²) in [5.74, 6) is 0. The molecular formula is C46H29NO2. The number of para-hydroxylation sites is 1. The highest BCUT2D eigenvalue weighted by Gasteiger charge is 2.21. The molecule has 0 N–H and O–H groups in total. The van der Waals surface area contributed by atoms with Crippen molar-refractivity contribution in [3.63, 3.8) is 0 Å². The number of furan rings is 2. The fourth-order valence-corrected chi connectivity index (χ4v) is 5.71. The van der Waals surface area contributed by atoms with Gasteiger partial charge in [-0.05, 0) is 82.0 Å². The van der Waals surface area contributed by atoms with Crippen molar-refractivity contribution in [3.05, 3.63) is 175 Å². The molecule has 3 nitrogen and oxygen atoms in total. The van der Waals surface area contributed by atoms with E-state index in [9.17, 15) is 13.7 Å². The third-order valence-corrected chi connectivity index (χ3v) is 7.88. The smallest absolute Gasteiger partial charge is 0.143 e. The van der Waals surface area contributed by atoms with Gasteiger partial charge in [0.15, 0.2) is 0 Å². The number of fused-ring (bicyclic) bond motifs is 8. The number of benzene rings is 8. The van der Waals surface area contributed by atoms with E-state index in [0.717, 1.165) is 0 Å². The molecule has 0 unspecified atom stereocenters. The van der Waals surface area contributed by atoms with Crippen molar-refractivity contribution < 1.29 is 41.7 Å². The molecule has 230 valence electrons. The lowest BCUT2D eigenvalue weighted by molar-refractivity contribution is 0.669. The largest absolute Gasteiger partial charge is 0.456 e. The van der Waals surface area contributed by atoms with E-state index in [0.29, 0.717) is 4.90 Å². The van der Waals surface area contributed by atoms with Crippen molar-refractivity contribution in [2.45, 2.75) is 0 Å². The van der Waals surface area contributed by atoms with Crippen molar-refractivity contribution in [1.29, 1.82) is 0 Å². The van der Waals surface area contributed by atoms with Crippen LogP contribution in [0, 0.1) is 0 Å². The minimum Gasteiger partial charge on any atom is -0.456 e. The standard InChI is InChI=1S/C46H29NO2/c1-2-10-30(11-3-1)31-20-25-34(26-21-31)47(40-16-9-19-43-45(40)39-29-24-32-12-4-5-13-37(32)46(39)49-43)35-27-22-33(23-28-35)36-15-8-18-42-44(36)38-14-6-7-17-41(38)48-42/h1-29H/i4D,5D,6D,7D,8D,9D,12D,13D,14D,15D,16D,17D,18D,19D,20D,21D,22D,23D,24D,25D,26D,27D,28D,29D. The van der Waals surface area contributed by atoms with Crippen molar-refractivity contribution >= 4 is 71.7 Å². The van der Waals surface area contributed by atoms with Gasteiger partial charge in [0.1, 0.15) is 22.3 Å². The van der Waals surface area contributed by atoms with E-state index >= 15 is 0 Å². The minimum absolute atomic E-state index is 0.211. The van der Waals surface area contributed by atoms with Gasteiger partial charge in [0.2, 0.25) is 0 Å². The third-order valence-electron chi connectivity index (χ3n) is 7.88. The Morgan fingerprint density at radius 1 is 0.429 bits per heavy atom. The van der Waals surface area contributed by atoms with Crippen LogP contribution in [0.3, 0.4) is 0 Å². The van der Waals surface area contributed by atoms with Crippen LogP contribution in [0.25, 0.3) is 76.9 Å². The Morgan fingerprint density at radius 2 is 1.08 bits per heavy atom. The van der Waals surface area contributed by atoms with E-state index in [4.69, 9.17) is 28.0 Å². The quantitative estimate of drug-likeness (QED) is 0.185. The Morgan fingerprint density at radius 3 is 1.88 bits per heavy atom. The Kier molecular flexibility index (Phi) is 2.87. The van der Waals surface area contributed by atoms with Crippen LogP contribution in [0.4, 0.5) is 17.1 Å². The van der Waals surface area contributed by atoms with Gasteiger partial charge >= 0.3 is 0 Å². The maximum Gasteiger partial charge on any atom is 0.143 e. The highest BCUT2D eigenvalue weighted by molar-refractivity contribution is 6.19. The molecule has 0 saturated heterocycles. The molecule has 0 bridgehead atoms. The van der Waals surface area contributed by atoms with E-state index in [1.807, 2.05) is 0 Å². The maximum atomic E-state index is 9.74. The van der Waals surface area contributed by atoms with E-state index < -0.39 is 228 Å². The van der Waals surface area contributed by atoms with Gasteiger partial charge in [-0.3, -0.25) is 0 Å². The highest BCUT2D eigenvalue weighted by atomic mass is 16.3. The first-order valence-electron chi connectivity index (χ1n) is 26.6. The number of nitrogens with zero attached hydrogens (tertiary/aromatic N) is 1. The zero-order chi connectivity index (χ0) is 53.2. The van der Waals surface area contributed by atoms with Gasteiger partial charge in [0.05, 0.1) is 44.0 Å².